The summed E-state index contributed by atoms with van der Waals surface area (Å²) in [5.41, 5.74) is 1.14. The fraction of sp³-hybridized carbons (Fsp3) is 0.647. The second-order valence-electron chi connectivity index (χ2n) is 6.82. The first kappa shape index (κ1) is 18.3. The highest BCUT2D eigenvalue weighted by atomic mass is 32.2. The molecule has 3 rings (SSSR count). The molecule has 2 aliphatic heterocycles. The number of carbonyl (C=O) groups excluding carboxylic acids is 1. The Bertz CT molecular complexity index is 695. The highest BCUT2D eigenvalue weighted by Crippen LogP contribution is 2.25. The summed E-state index contributed by atoms with van der Waals surface area (Å²) < 4.78 is 28.5. The number of sulfone groups is 1. The van der Waals surface area contributed by atoms with Crippen molar-refractivity contribution in [3.05, 3.63) is 30.1 Å². The minimum Gasteiger partial charge on any atom is -0.375 e. The molecule has 1 amide bonds. The highest BCUT2D eigenvalue weighted by Gasteiger charge is 2.38. The van der Waals surface area contributed by atoms with Gasteiger partial charge in [0.15, 0.2) is 0 Å². The molecule has 1 aromatic heterocycles. The summed E-state index contributed by atoms with van der Waals surface area (Å²) in [6.07, 6.45) is 5.76. The Hall–Kier alpha value is -1.51. The monoisotopic (exact) mass is 367 g/mol. The molecule has 0 spiro atoms. The van der Waals surface area contributed by atoms with Gasteiger partial charge in [-0.15, -0.1) is 0 Å². The van der Waals surface area contributed by atoms with Crippen LogP contribution in [-0.2, 0) is 25.9 Å². The van der Waals surface area contributed by atoms with Crippen LogP contribution in [0.1, 0.15) is 18.4 Å². The number of ether oxygens (including phenoxy) is 1. The number of rotatable bonds is 5. The van der Waals surface area contributed by atoms with Crippen LogP contribution in [0, 0.1) is 0 Å². The maximum Gasteiger partial charge on any atom is 0.223 e. The smallest absolute Gasteiger partial charge is 0.223 e. The second kappa shape index (κ2) is 7.80. The van der Waals surface area contributed by atoms with Crippen LogP contribution in [0.2, 0.25) is 0 Å². The van der Waals surface area contributed by atoms with Crippen molar-refractivity contribution < 1.29 is 17.9 Å². The number of fused-ring (bicyclic) bond motifs is 1. The molecular weight excluding hydrogens is 342 g/mol. The van der Waals surface area contributed by atoms with E-state index >= 15 is 0 Å². The normalized spacial score (nSPS) is 24.8. The maximum atomic E-state index is 12.4. The number of morpholine rings is 1. The van der Waals surface area contributed by atoms with Crippen molar-refractivity contribution in [2.75, 3.05) is 38.2 Å². The summed E-state index contributed by atoms with van der Waals surface area (Å²) in [5, 5.41) is 0. The minimum atomic E-state index is -3.12. The van der Waals surface area contributed by atoms with Crippen LogP contribution in [0.5, 0.6) is 0 Å². The molecule has 2 saturated heterocycles. The van der Waals surface area contributed by atoms with Crippen LogP contribution >= 0.6 is 0 Å². The van der Waals surface area contributed by atoms with Crippen LogP contribution in [0.3, 0.4) is 0 Å². The third-order valence-electron chi connectivity index (χ3n) is 4.85. The fourth-order valence-electron chi connectivity index (χ4n) is 3.52. The molecule has 0 aromatic carbocycles. The number of hydrogen-bond acceptors (Lipinski definition) is 6. The van der Waals surface area contributed by atoms with Gasteiger partial charge in [-0.05, 0) is 18.1 Å². The molecule has 0 aliphatic carbocycles. The summed E-state index contributed by atoms with van der Waals surface area (Å²) in [6.45, 7) is 3.52. The van der Waals surface area contributed by atoms with Gasteiger partial charge in [-0.25, -0.2) is 8.42 Å². The Labute approximate surface area is 148 Å². The third kappa shape index (κ3) is 4.99. The zero-order valence-electron chi connectivity index (χ0n) is 14.5. The van der Waals surface area contributed by atoms with Crippen molar-refractivity contribution in [1.82, 2.24) is 14.8 Å². The fourth-order valence-corrected chi connectivity index (χ4v) is 4.07. The van der Waals surface area contributed by atoms with Crippen molar-refractivity contribution >= 4 is 15.7 Å². The molecule has 0 radical (unpaired) electrons. The van der Waals surface area contributed by atoms with Crippen LogP contribution < -0.4 is 0 Å². The van der Waals surface area contributed by atoms with Crippen molar-refractivity contribution in [3.63, 3.8) is 0 Å². The van der Waals surface area contributed by atoms with Gasteiger partial charge in [0.25, 0.3) is 0 Å². The number of nitrogens with zero attached hydrogens (tertiary/aromatic N) is 3. The van der Waals surface area contributed by atoms with E-state index in [4.69, 9.17) is 4.74 Å². The van der Waals surface area contributed by atoms with Crippen LogP contribution in [0.15, 0.2) is 24.5 Å². The van der Waals surface area contributed by atoms with E-state index in [2.05, 4.69) is 16.0 Å². The largest absolute Gasteiger partial charge is 0.375 e. The predicted octanol–water partition coefficient (Wildman–Crippen LogP) is 0.318. The first-order chi connectivity index (χ1) is 11.9. The molecule has 0 N–H and O–H groups in total. The van der Waals surface area contributed by atoms with E-state index in [9.17, 15) is 13.2 Å². The summed E-state index contributed by atoms with van der Waals surface area (Å²) in [4.78, 5) is 20.7. The minimum absolute atomic E-state index is 0.0552. The molecule has 0 bridgehead atoms. The Balaban J connectivity index is 1.63. The number of amides is 1. The molecule has 0 saturated carbocycles. The van der Waals surface area contributed by atoms with Gasteiger partial charge in [-0.3, -0.25) is 14.7 Å². The van der Waals surface area contributed by atoms with Crippen molar-refractivity contribution in [1.29, 1.82) is 0 Å². The van der Waals surface area contributed by atoms with E-state index < -0.39 is 9.84 Å². The van der Waals surface area contributed by atoms with E-state index in [0.717, 1.165) is 31.3 Å². The summed E-state index contributed by atoms with van der Waals surface area (Å²) in [5.74, 6) is -0.178. The molecule has 138 valence electrons. The van der Waals surface area contributed by atoms with Crippen LogP contribution in [0.4, 0.5) is 0 Å². The molecule has 3 heterocycles. The van der Waals surface area contributed by atoms with E-state index in [1.807, 2.05) is 12.3 Å². The number of hydrogen-bond donors (Lipinski definition) is 0. The Kier molecular flexibility index (Phi) is 5.71. The molecule has 8 heteroatoms. The zero-order valence-corrected chi connectivity index (χ0v) is 15.3. The van der Waals surface area contributed by atoms with E-state index in [0.29, 0.717) is 19.7 Å². The molecular formula is C17H25N3O4S. The molecule has 2 atom stereocenters. The number of aromatic nitrogens is 1. The van der Waals surface area contributed by atoms with Crippen molar-refractivity contribution in [3.8, 4) is 0 Å². The van der Waals surface area contributed by atoms with Gasteiger partial charge < -0.3 is 9.64 Å². The molecule has 0 unspecified atom stereocenters. The van der Waals surface area contributed by atoms with Gasteiger partial charge in [0, 0.05) is 51.2 Å². The van der Waals surface area contributed by atoms with Gasteiger partial charge in [0.2, 0.25) is 5.91 Å². The third-order valence-corrected chi connectivity index (χ3v) is 5.79. The standard InChI is InChI=1S/C17H25N3O4S/c1-25(22,23)10-5-17(21)20-7-4-16-15(13-20)19(8-9-24-16)12-14-3-2-6-18-11-14/h2-3,6,11,15-16H,4-5,7-10,12-13H2,1H3/t15-,16-/m0/s1. The zero-order chi connectivity index (χ0) is 17.9. The average Bonchev–Trinajstić information content (AvgIpc) is 2.60. The van der Waals surface area contributed by atoms with E-state index in [1.54, 1.807) is 11.1 Å². The Morgan fingerprint density at radius 1 is 1.40 bits per heavy atom. The summed E-state index contributed by atoms with van der Waals surface area (Å²) in [7, 11) is -3.12. The van der Waals surface area contributed by atoms with E-state index in [-0.39, 0.29) is 30.2 Å². The van der Waals surface area contributed by atoms with E-state index in [1.165, 1.54) is 0 Å². The number of carbonyl (C=O) groups is 1. The first-order valence-electron chi connectivity index (χ1n) is 8.62. The topological polar surface area (TPSA) is 79.8 Å². The van der Waals surface area contributed by atoms with Crippen LogP contribution in [0.25, 0.3) is 0 Å². The number of piperidine rings is 1. The summed E-state index contributed by atoms with van der Waals surface area (Å²) >= 11 is 0. The van der Waals surface area contributed by atoms with Gasteiger partial charge >= 0.3 is 0 Å². The Morgan fingerprint density at radius 3 is 2.96 bits per heavy atom. The quantitative estimate of drug-likeness (QED) is 0.746. The molecule has 1 aromatic rings. The average molecular weight is 367 g/mol. The highest BCUT2D eigenvalue weighted by molar-refractivity contribution is 7.90. The number of pyridine rings is 1. The lowest BCUT2D eigenvalue weighted by molar-refractivity contribution is -0.143. The summed E-state index contributed by atoms with van der Waals surface area (Å²) in [6, 6.07) is 4.12. The molecule has 7 nitrogen and oxygen atoms in total. The lowest BCUT2D eigenvalue weighted by atomic mass is 9.98. The first-order valence-corrected chi connectivity index (χ1v) is 10.7. The van der Waals surface area contributed by atoms with Crippen molar-refractivity contribution in [2.24, 2.45) is 0 Å². The SMILES string of the molecule is CS(=O)(=O)CCC(=O)N1CC[C@@H]2OCCN(Cc3cccnc3)[C@H]2C1. The Morgan fingerprint density at radius 2 is 2.24 bits per heavy atom. The lowest BCUT2D eigenvalue weighted by Crippen LogP contribution is -2.60. The van der Waals surface area contributed by atoms with Gasteiger partial charge in [0.05, 0.1) is 24.5 Å². The van der Waals surface area contributed by atoms with Crippen molar-refractivity contribution in [2.45, 2.75) is 31.5 Å². The number of likely N-dealkylation sites (tertiary alicyclic amines) is 1. The van der Waals surface area contributed by atoms with Gasteiger partial charge in [-0.2, -0.15) is 0 Å². The molecule has 2 fully saturated rings. The van der Waals surface area contributed by atoms with Gasteiger partial charge in [-0.1, -0.05) is 6.07 Å². The maximum absolute atomic E-state index is 12.4. The van der Waals surface area contributed by atoms with Crippen LogP contribution in [-0.4, -0.2) is 79.5 Å². The second-order valence-corrected chi connectivity index (χ2v) is 9.08. The molecule has 2 aliphatic rings. The van der Waals surface area contributed by atoms with Gasteiger partial charge in [0.1, 0.15) is 9.84 Å². The lowest BCUT2D eigenvalue weighted by Gasteiger charge is -2.47. The molecule has 25 heavy (non-hydrogen) atoms. The predicted molar refractivity (Wildman–Crippen MR) is 93.7 cm³/mol.